The van der Waals surface area contributed by atoms with Crippen molar-refractivity contribution in [2.75, 3.05) is 0 Å². The average Bonchev–Trinajstić information content (AvgIpc) is 2.14. The van der Waals surface area contributed by atoms with E-state index in [1.54, 1.807) is 0 Å². The van der Waals surface area contributed by atoms with Crippen LogP contribution in [0.15, 0.2) is 15.3 Å². The quantitative estimate of drug-likeness (QED) is 0.553. The number of hydrogen-bond donors (Lipinski definition) is 0. The zero-order valence-corrected chi connectivity index (χ0v) is 5.47. The average molecular weight is 172 g/mol. The number of halogens is 1. The van der Waals surface area contributed by atoms with Gasteiger partial charge in [-0.2, -0.15) is 0 Å². The number of terminal acetylenes is 1. The topological polar surface area (TPSA) is 26.0 Å². The molecule has 3 heteroatoms. The van der Waals surface area contributed by atoms with Crippen LogP contribution >= 0.6 is 15.9 Å². The Labute approximate surface area is 55.0 Å². The first-order valence-corrected chi connectivity index (χ1v) is 2.70. The molecule has 0 bridgehead atoms. The second-order valence-corrected chi connectivity index (χ2v) is 1.90. The van der Waals surface area contributed by atoms with Crippen LogP contribution in [0.2, 0.25) is 0 Å². The Hall–Kier alpha value is -0.750. The zero-order chi connectivity index (χ0) is 5.98. The molecular formula is C5H2BrNO. The molecule has 0 aliphatic rings. The second kappa shape index (κ2) is 2.01. The van der Waals surface area contributed by atoms with Crippen LogP contribution in [0.3, 0.4) is 0 Å². The molecule has 0 saturated heterocycles. The van der Waals surface area contributed by atoms with Crippen LogP contribution in [0.4, 0.5) is 0 Å². The molecule has 1 aromatic heterocycles. The van der Waals surface area contributed by atoms with E-state index in [0.29, 0.717) is 10.6 Å². The SMILES string of the molecule is C#Cc1ncc(Br)o1. The maximum Gasteiger partial charge on any atom is 0.273 e. The Morgan fingerprint density at radius 3 is 2.88 bits per heavy atom. The summed E-state index contributed by atoms with van der Waals surface area (Å²) in [6, 6.07) is 0. The van der Waals surface area contributed by atoms with E-state index >= 15 is 0 Å². The molecular weight excluding hydrogens is 170 g/mol. The van der Waals surface area contributed by atoms with Gasteiger partial charge in [0.15, 0.2) is 4.67 Å². The van der Waals surface area contributed by atoms with Crippen molar-refractivity contribution >= 4 is 15.9 Å². The third-order valence-electron chi connectivity index (χ3n) is 0.601. The molecule has 8 heavy (non-hydrogen) atoms. The van der Waals surface area contributed by atoms with Gasteiger partial charge in [-0.3, -0.25) is 0 Å². The summed E-state index contributed by atoms with van der Waals surface area (Å²) in [5, 5.41) is 0. The molecule has 1 aromatic rings. The minimum Gasteiger partial charge on any atom is -0.423 e. The summed E-state index contributed by atoms with van der Waals surface area (Å²) in [5.41, 5.74) is 0. The molecule has 40 valence electrons. The second-order valence-electron chi connectivity index (χ2n) is 1.11. The van der Waals surface area contributed by atoms with Crippen molar-refractivity contribution in [2.24, 2.45) is 0 Å². The van der Waals surface area contributed by atoms with Crippen LogP contribution in [0.5, 0.6) is 0 Å². The normalized spacial score (nSPS) is 8.50. The standard InChI is InChI=1S/C5H2BrNO/c1-2-5-7-3-4(6)8-5/h1,3H. The van der Waals surface area contributed by atoms with E-state index in [1.807, 2.05) is 0 Å². The van der Waals surface area contributed by atoms with E-state index in [4.69, 9.17) is 10.8 Å². The lowest BCUT2D eigenvalue weighted by Gasteiger charge is -1.71. The molecule has 0 atom stereocenters. The van der Waals surface area contributed by atoms with E-state index in [2.05, 4.69) is 26.8 Å². The minimum absolute atomic E-state index is 0.303. The third-order valence-corrected chi connectivity index (χ3v) is 0.968. The molecule has 0 aromatic carbocycles. The van der Waals surface area contributed by atoms with Crippen molar-refractivity contribution in [3.63, 3.8) is 0 Å². The summed E-state index contributed by atoms with van der Waals surface area (Å²) in [6.45, 7) is 0. The van der Waals surface area contributed by atoms with Crippen LogP contribution in [-0.4, -0.2) is 4.98 Å². The third kappa shape index (κ3) is 0.903. The summed E-state index contributed by atoms with van der Waals surface area (Å²) < 4.78 is 5.36. The van der Waals surface area contributed by atoms with Gasteiger partial charge in [-0.25, -0.2) is 4.98 Å². The van der Waals surface area contributed by atoms with Crippen molar-refractivity contribution < 1.29 is 4.42 Å². The van der Waals surface area contributed by atoms with Gasteiger partial charge in [0.05, 0.1) is 6.20 Å². The van der Waals surface area contributed by atoms with Gasteiger partial charge in [0.1, 0.15) is 0 Å². The summed E-state index contributed by atoms with van der Waals surface area (Å²) in [5.74, 6) is 2.54. The fourth-order valence-corrected chi connectivity index (χ4v) is 0.577. The van der Waals surface area contributed by atoms with Crippen LogP contribution in [0.25, 0.3) is 0 Å². The van der Waals surface area contributed by atoms with Crippen molar-refractivity contribution in [3.8, 4) is 12.3 Å². The maximum atomic E-state index is 4.94. The highest BCUT2D eigenvalue weighted by Crippen LogP contribution is 2.08. The Morgan fingerprint density at radius 2 is 2.62 bits per heavy atom. The molecule has 0 aliphatic heterocycles. The lowest BCUT2D eigenvalue weighted by Crippen LogP contribution is -1.64. The highest BCUT2D eigenvalue weighted by atomic mass is 79.9. The fraction of sp³-hybridized carbons (Fsp3) is 0. The summed E-state index contributed by atoms with van der Waals surface area (Å²) in [4.78, 5) is 3.68. The summed E-state index contributed by atoms with van der Waals surface area (Å²) in [6.07, 6.45) is 6.45. The molecule has 0 saturated carbocycles. The van der Waals surface area contributed by atoms with E-state index < -0.39 is 0 Å². The number of nitrogens with zero attached hydrogens (tertiary/aromatic N) is 1. The Kier molecular flexibility index (Phi) is 1.36. The molecule has 0 spiro atoms. The molecule has 0 N–H and O–H groups in total. The summed E-state index contributed by atoms with van der Waals surface area (Å²) >= 11 is 3.05. The lowest BCUT2D eigenvalue weighted by molar-refractivity contribution is 0.520. The number of oxazole rings is 1. The Morgan fingerprint density at radius 1 is 1.88 bits per heavy atom. The van der Waals surface area contributed by atoms with Crippen LogP contribution in [0.1, 0.15) is 5.89 Å². The van der Waals surface area contributed by atoms with Crippen molar-refractivity contribution in [2.45, 2.75) is 0 Å². The van der Waals surface area contributed by atoms with Crippen molar-refractivity contribution in [1.29, 1.82) is 0 Å². The Bertz CT molecular complexity index is 223. The highest BCUT2D eigenvalue weighted by Gasteiger charge is 1.92. The minimum atomic E-state index is 0.303. The molecule has 0 radical (unpaired) electrons. The van der Waals surface area contributed by atoms with Gasteiger partial charge in [0.25, 0.3) is 5.89 Å². The predicted octanol–water partition coefficient (Wildman–Crippen LogP) is 1.42. The van der Waals surface area contributed by atoms with Crippen molar-refractivity contribution in [1.82, 2.24) is 4.98 Å². The number of rotatable bonds is 0. The highest BCUT2D eigenvalue weighted by molar-refractivity contribution is 9.10. The molecule has 2 nitrogen and oxygen atoms in total. The van der Waals surface area contributed by atoms with Gasteiger partial charge in [-0.1, -0.05) is 0 Å². The smallest absolute Gasteiger partial charge is 0.273 e. The lowest BCUT2D eigenvalue weighted by atomic mass is 10.7. The molecule has 0 aliphatic carbocycles. The van der Waals surface area contributed by atoms with Gasteiger partial charge in [0.2, 0.25) is 0 Å². The molecule has 0 amide bonds. The first-order valence-electron chi connectivity index (χ1n) is 1.91. The molecule has 0 unspecified atom stereocenters. The maximum absolute atomic E-state index is 4.94. The van der Waals surface area contributed by atoms with Gasteiger partial charge in [-0.05, 0) is 21.9 Å². The molecule has 1 heterocycles. The monoisotopic (exact) mass is 171 g/mol. The van der Waals surface area contributed by atoms with Gasteiger partial charge < -0.3 is 4.42 Å². The van der Waals surface area contributed by atoms with Crippen molar-refractivity contribution in [3.05, 3.63) is 16.8 Å². The number of hydrogen-bond acceptors (Lipinski definition) is 2. The fourth-order valence-electron chi connectivity index (χ4n) is 0.321. The van der Waals surface area contributed by atoms with E-state index in [9.17, 15) is 0 Å². The predicted molar refractivity (Wildman–Crippen MR) is 32.1 cm³/mol. The van der Waals surface area contributed by atoms with E-state index in [1.165, 1.54) is 6.20 Å². The molecule has 0 fully saturated rings. The van der Waals surface area contributed by atoms with E-state index in [-0.39, 0.29) is 0 Å². The van der Waals surface area contributed by atoms with Crippen LogP contribution in [0, 0.1) is 12.3 Å². The summed E-state index contributed by atoms with van der Waals surface area (Å²) in [7, 11) is 0. The van der Waals surface area contributed by atoms with Gasteiger partial charge in [0, 0.05) is 0 Å². The zero-order valence-electron chi connectivity index (χ0n) is 3.89. The largest absolute Gasteiger partial charge is 0.423 e. The van der Waals surface area contributed by atoms with Gasteiger partial charge in [-0.15, -0.1) is 6.42 Å². The first kappa shape index (κ1) is 5.39. The van der Waals surface area contributed by atoms with Gasteiger partial charge >= 0.3 is 0 Å². The Balaban J connectivity index is 3.05. The first-order chi connectivity index (χ1) is 3.83. The number of aromatic nitrogens is 1. The van der Waals surface area contributed by atoms with E-state index in [0.717, 1.165) is 0 Å². The van der Waals surface area contributed by atoms with Crippen LogP contribution in [-0.2, 0) is 0 Å². The van der Waals surface area contributed by atoms with Crippen LogP contribution < -0.4 is 0 Å². The molecule has 1 rings (SSSR count).